The molecule has 0 aromatic heterocycles. The molecule has 1 aromatic carbocycles. The molecule has 0 saturated carbocycles. The molecule has 0 bridgehead atoms. The Morgan fingerprint density at radius 3 is 2.50 bits per heavy atom. The van der Waals surface area contributed by atoms with Gasteiger partial charge >= 0.3 is 5.97 Å². The highest BCUT2D eigenvalue weighted by atomic mass is 16.5. The molecule has 0 spiro atoms. The fourth-order valence-electron chi connectivity index (χ4n) is 1.13. The van der Waals surface area contributed by atoms with Crippen molar-refractivity contribution in [1.29, 1.82) is 0 Å². The van der Waals surface area contributed by atoms with E-state index < -0.39 is 0 Å². The molecular formula is C11H9NO2. The second kappa shape index (κ2) is 3.46. The van der Waals surface area contributed by atoms with Crippen LogP contribution in [-0.4, -0.2) is 11.9 Å². The van der Waals surface area contributed by atoms with E-state index in [2.05, 4.69) is 4.99 Å². The van der Waals surface area contributed by atoms with E-state index >= 15 is 0 Å². The number of rotatable bonds is 1. The van der Waals surface area contributed by atoms with E-state index in [9.17, 15) is 4.79 Å². The Kier molecular flexibility index (Phi) is 2.14. The molecule has 0 aliphatic carbocycles. The van der Waals surface area contributed by atoms with Gasteiger partial charge in [0.25, 0.3) is 0 Å². The normalized spacial score (nSPS) is 18.2. The molecule has 0 atom stereocenters. The van der Waals surface area contributed by atoms with E-state index in [-0.39, 0.29) is 5.97 Å². The third kappa shape index (κ3) is 1.71. The Labute approximate surface area is 81.7 Å². The number of benzene rings is 1. The van der Waals surface area contributed by atoms with Crippen molar-refractivity contribution in [3.63, 3.8) is 0 Å². The molecule has 1 aliphatic heterocycles. The highest BCUT2D eigenvalue weighted by molar-refractivity contribution is 6.11. The standard InChI is InChI=1S/C11H9NO2/c1-8-7-10(14-11(8)13)12-9-5-3-2-4-6-9/h2-7H,1H3. The van der Waals surface area contributed by atoms with Gasteiger partial charge in [0.1, 0.15) is 0 Å². The first-order valence-corrected chi connectivity index (χ1v) is 4.30. The van der Waals surface area contributed by atoms with Crippen molar-refractivity contribution >= 4 is 17.6 Å². The van der Waals surface area contributed by atoms with E-state index in [1.165, 1.54) is 0 Å². The van der Waals surface area contributed by atoms with Crippen molar-refractivity contribution in [3.05, 3.63) is 42.0 Å². The van der Waals surface area contributed by atoms with Crippen LogP contribution in [0.2, 0.25) is 0 Å². The van der Waals surface area contributed by atoms with Crippen LogP contribution in [0.3, 0.4) is 0 Å². The molecule has 1 aliphatic rings. The van der Waals surface area contributed by atoms with E-state index in [0.29, 0.717) is 11.5 Å². The number of ether oxygens (including phenoxy) is 1. The van der Waals surface area contributed by atoms with Gasteiger partial charge in [-0.25, -0.2) is 9.79 Å². The first-order valence-electron chi connectivity index (χ1n) is 4.30. The number of nitrogens with zero attached hydrogens (tertiary/aromatic N) is 1. The van der Waals surface area contributed by atoms with Crippen molar-refractivity contribution in [2.75, 3.05) is 0 Å². The molecule has 0 unspecified atom stereocenters. The minimum Gasteiger partial charge on any atom is -0.404 e. The summed E-state index contributed by atoms with van der Waals surface area (Å²) < 4.78 is 4.90. The van der Waals surface area contributed by atoms with Crippen molar-refractivity contribution in [2.45, 2.75) is 6.92 Å². The van der Waals surface area contributed by atoms with Crippen molar-refractivity contribution in [2.24, 2.45) is 4.99 Å². The molecule has 3 heteroatoms. The first kappa shape index (κ1) is 8.69. The summed E-state index contributed by atoms with van der Waals surface area (Å²) >= 11 is 0. The van der Waals surface area contributed by atoms with Crippen LogP contribution < -0.4 is 0 Å². The summed E-state index contributed by atoms with van der Waals surface area (Å²) in [6, 6.07) is 9.37. The van der Waals surface area contributed by atoms with Gasteiger partial charge in [-0.2, -0.15) is 0 Å². The zero-order valence-corrected chi connectivity index (χ0v) is 7.73. The predicted octanol–water partition coefficient (Wildman–Crippen LogP) is 2.22. The average Bonchev–Trinajstić information content (AvgIpc) is 2.47. The lowest BCUT2D eigenvalue weighted by atomic mass is 10.3. The number of esters is 1. The Morgan fingerprint density at radius 2 is 1.93 bits per heavy atom. The topological polar surface area (TPSA) is 38.7 Å². The van der Waals surface area contributed by atoms with Crippen molar-refractivity contribution in [1.82, 2.24) is 0 Å². The lowest BCUT2D eigenvalue weighted by molar-refractivity contribution is -0.130. The number of para-hydroxylation sites is 1. The van der Waals surface area contributed by atoms with Crippen LogP contribution in [0.4, 0.5) is 5.69 Å². The van der Waals surface area contributed by atoms with Crippen LogP contribution in [0.1, 0.15) is 6.92 Å². The molecule has 0 saturated heterocycles. The average molecular weight is 187 g/mol. The number of cyclic esters (lactones) is 1. The second-order valence-corrected chi connectivity index (χ2v) is 3.00. The maximum atomic E-state index is 11.0. The van der Waals surface area contributed by atoms with E-state index in [1.54, 1.807) is 13.0 Å². The van der Waals surface area contributed by atoms with Crippen LogP contribution in [0.15, 0.2) is 47.0 Å². The summed E-state index contributed by atoms with van der Waals surface area (Å²) in [5, 5.41) is 0. The van der Waals surface area contributed by atoms with Gasteiger partial charge in [-0.1, -0.05) is 18.2 Å². The molecule has 1 aromatic rings. The van der Waals surface area contributed by atoms with E-state index in [0.717, 1.165) is 5.69 Å². The maximum absolute atomic E-state index is 11.0. The van der Waals surface area contributed by atoms with Crippen LogP contribution in [0, 0.1) is 0 Å². The fourth-order valence-corrected chi connectivity index (χ4v) is 1.13. The largest absolute Gasteiger partial charge is 0.404 e. The van der Waals surface area contributed by atoms with Gasteiger partial charge in [0.2, 0.25) is 5.90 Å². The highest BCUT2D eigenvalue weighted by Gasteiger charge is 2.17. The predicted molar refractivity (Wildman–Crippen MR) is 53.4 cm³/mol. The van der Waals surface area contributed by atoms with Gasteiger partial charge in [0, 0.05) is 11.6 Å². The first-order chi connectivity index (χ1) is 6.75. The summed E-state index contributed by atoms with van der Waals surface area (Å²) in [5.41, 5.74) is 1.36. The van der Waals surface area contributed by atoms with Gasteiger partial charge < -0.3 is 4.74 Å². The minimum atomic E-state index is -0.320. The number of carbonyl (C=O) groups is 1. The Morgan fingerprint density at radius 1 is 1.21 bits per heavy atom. The number of hydrogen-bond donors (Lipinski definition) is 0. The summed E-state index contributed by atoms with van der Waals surface area (Å²) in [6.45, 7) is 1.70. The maximum Gasteiger partial charge on any atom is 0.340 e. The smallest absolute Gasteiger partial charge is 0.340 e. The Balaban J connectivity index is 2.26. The fraction of sp³-hybridized carbons (Fsp3) is 0.0909. The Hall–Kier alpha value is -1.90. The summed E-state index contributed by atoms with van der Waals surface area (Å²) in [7, 11) is 0. The molecule has 0 N–H and O–H groups in total. The second-order valence-electron chi connectivity index (χ2n) is 3.00. The van der Waals surface area contributed by atoms with Crippen LogP contribution >= 0.6 is 0 Å². The van der Waals surface area contributed by atoms with Crippen molar-refractivity contribution in [3.8, 4) is 0 Å². The zero-order chi connectivity index (χ0) is 9.97. The van der Waals surface area contributed by atoms with Crippen LogP contribution in [-0.2, 0) is 9.53 Å². The SMILES string of the molecule is CC1=CC(=Nc2ccccc2)OC1=O. The van der Waals surface area contributed by atoms with Gasteiger partial charge in [-0.3, -0.25) is 0 Å². The number of hydrogen-bond acceptors (Lipinski definition) is 3. The monoisotopic (exact) mass is 187 g/mol. The minimum absolute atomic E-state index is 0.320. The molecule has 1 heterocycles. The van der Waals surface area contributed by atoms with Crippen LogP contribution in [0.25, 0.3) is 0 Å². The van der Waals surface area contributed by atoms with E-state index in [1.807, 2.05) is 30.3 Å². The molecule has 0 amide bonds. The molecule has 3 nitrogen and oxygen atoms in total. The molecule has 0 fully saturated rings. The molecular weight excluding hydrogens is 178 g/mol. The molecule has 70 valence electrons. The lowest BCUT2D eigenvalue weighted by Crippen LogP contribution is -2.00. The van der Waals surface area contributed by atoms with E-state index in [4.69, 9.17) is 4.74 Å². The summed E-state index contributed by atoms with van der Waals surface area (Å²) in [6.07, 6.45) is 1.63. The summed E-state index contributed by atoms with van der Waals surface area (Å²) in [5.74, 6) is 0.0402. The highest BCUT2D eigenvalue weighted by Crippen LogP contribution is 2.15. The van der Waals surface area contributed by atoms with Crippen molar-refractivity contribution < 1.29 is 9.53 Å². The van der Waals surface area contributed by atoms with Gasteiger partial charge in [-0.05, 0) is 19.1 Å². The molecule has 2 rings (SSSR count). The van der Waals surface area contributed by atoms with Gasteiger partial charge in [-0.15, -0.1) is 0 Å². The quantitative estimate of drug-likeness (QED) is 0.632. The van der Waals surface area contributed by atoms with Gasteiger partial charge in [0.05, 0.1) is 5.69 Å². The zero-order valence-electron chi connectivity index (χ0n) is 7.73. The molecule has 0 radical (unpaired) electrons. The third-order valence-corrected chi connectivity index (χ3v) is 1.85. The lowest BCUT2D eigenvalue weighted by Gasteiger charge is -1.94. The molecule has 14 heavy (non-hydrogen) atoms. The van der Waals surface area contributed by atoms with Gasteiger partial charge in [0.15, 0.2) is 0 Å². The number of aliphatic imine (C=N–C) groups is 1. The third-order valence-electron chi connectivity index (χ3n) is 1.85. The summed E-state index contributed by atoms with van der Waals surface area (Å²) in [4.78, 5) is 15.2. The van der Waals surface area contributed by atoms with Crippen LogP contribution in [0.5, 0.6) is 0 Å². The number of carbonyl (C=O) groups excluding carboxylic acids is 1. The Bertz CT molecular complexity index is 418.